The number of amides is 1. The minimum absolute atomic E-state index is 0.0162. The molecule has 2 aliphatic heterocycles. The molecule has 0 N–H and O–H groups in total. The molecule has 136 valence electrons. The fraction of sp³-hybridized carbons (Fsp3) is 0.529. The zero-order valence-electron chi connectivity index (χ0n) is 14.4. The van der Waals surface area contributed by atoms with E-state index in [1.54, 1.807) is 17.0 Å². The van der Waals surface area contributed by atoms with E-state index in [2.05, 4.69) is 16.0 Å². The Balaban J connectivity index is 1.84. The molecule has 1 aromatic rings. The number of hydrogen-bond donors (Lipinski definition) is 0. The highest BCUT2D eigenvalue weighted by atomic mass is 35.5. The fourth-order valence-corrected chi connectivity index (χ4v) is 5.58. The van der Waals surface area contributed by atoms with Gasteiger partial charge in [0, 0.05) is 31.9 Å². The highest BCUT2D eigenvalue weighted by Gasteiger charge is 2.47. The van der Waals surface area contributed by atoms with E-state index in [1.165, 1.54) is 11.8 Å². The predicted octanol–water partition coefficient (Wildman–Crippen LogP) is 1.62. The van der Waals surface area contributed by atoms with Gasteiger partial charge in [-0.15, -0.1) is 0 Å². The lowest BCUT2D eigenvalue weighted by Gasteiger charge is -2.43. The average Bonchev–Trinajstić information content (AvgIpc) is 2.87. The van der Waals surface area contributed by atoms with Crippen molar-refractivity contribution < 1.29 is 13.2 Å². The summed E-state index contributed by atoms with van der Waals surface area (Å²) in [5.74, 6) is -0.111. The normalized spacial score (nSPS) is 25.5. The molecule has 1 aromatic heterocycles. The second-order valence-corrected chi connectivity index (χ2v) is 9.44. The molecule has 1 amide bonds. The molecule has 2 saturated heterocycles. The number of sulfone groups is 1. The predicted molar refractivity (Wildman–Crippen MR) is 97.5 cm³/mol. The molecule has 0 aromatic carbocycles. The van der Waals surface area contributed by atoms with Crippen LogP contribution in [-0.2, 0) is 9.84 Å². The molecule has 0 spiro atoms. The molecule has 25 heavy (non-hydrogen) atoms. The van der Waals surface area contributed by atoms with Crippen LogP contribution in [0.25, 0.3) is 0 Å². The number of carbonyl (C=O) groups excluding carboxylic acids is 1. The van der Waals surface area contributed by atoms with E-state index in [0.29, 0.717) is 30.4 Å². The van der Waals surface area contributed by atoms with Gasteiger partial charge in [-0.25, -0.2) is 13.4 Å². The number of pyridine rings is 1. The van der Waals surface area contributed by atoms with Crippen molar-refractivity contribution in [1.82, 2.24) is 14.8 Å². The van der Waals surface area contributed by atoms with Crippen molar-refractivity contribution in [1.29, 1.82) is 0 Å². The van der Waals surface area contributed by atoms with Crippen molar-refractivity contribution in [3.05, 3.63) is 40.7 Å². The fourth-order valence-electron chi connectivity index (χ4n) is 3.45. The van der Waals surface area contributed by atoms with E-state index < -0.39 is 9.84 Å². The highest BCUT2D eigenvalue weighted by Crippen LogP contribution is 2.28. The highest BCUT2D eigenvalue weighted by molar-refractivity contribution is 7.91. The van der Waals surface area contributed by atoms with E-state index >= 15 is 0 Å². The van der Waals surface area contributed by atoms with Gasteiger partial charge in [0.2, 0.25) is 0 Å². The van der Waals surface area contributed by atoms with Crippen LogP contribution in [0.4, 0.5) is 0 Å². The molecule has 8 heteroatoms. The van der Waals surface area contributed by atoms with Crippen LogP contribution in [0.1, 0.15) is 24.3 Å². The molecular weight excluding hydrogens is 362 g/mol. The maximum absolute atomic E-state index is 12.8. The summed E-state index contributed by atoms with van der Waals surface area (Å²) in [6, 6.07) is 2.72. The van der Waals surface area contributed by atoms with E-state index in [0.717, 1.165) is 0 Å². The second-order valence-electron chi connectivity index (χ2n) is 6.85. The Kier molecular flexibility index (Phi) is 5.18. The molecule has 2 fully saturated rings. The van der Waals surface area contributed by atoms with Gasteiger partial charge in [-0.05, 0) is 26.0 Å². The monoisotopic (exact) mass is 383 g/mol. The van der Waals surface area contributed by atoms with Gasteiger partial charge in [-0.2, -0.15) is 0 Å². The van der Waals surface area contributed by atoms with Gasteiger partial charge in [-0.1, -0.05) is 23.3 Å². The van der Waals surface area contributed by atoms with Crippen LogP contribution >= 0.6 is 11.6 Å². The molecule has 3 rings (SSSR count). The summed E-state index contributed by atoms with van der Waals surface area (Å²) in [5.41, 5.74) is 1.49. The Bertz CT molecular complexity index is 788. The van der Waals surface area contributed by atoms with Gasteiger partial charge in [0.15, 0.2) is 9.84 Å². The molecule has 3 heterocycles. The first kappa shape index (κ1) is 18.4. The van der Waals surface area contributed by atoms with E-state index in [4.69, 9.17) is 11.6 Å². The molecule has 0 unspecified atom stereocenters. The summed E-state index contributed by atoms with van der Waals surface area (Å²) in [6.07, 6.45) is 3.53. The van der Waals surface area contributed by atoms with Crippen LogP contribution in [0, 0.1) is 0 Å². The van der Waals surface area contributed by atoms with Crippen LogP contribution in [0.5, 0.6) is 0 Å². The first-order valence-corrected chi connectivity index (χ1v) is 10.5. The summed E-state index contributed by atoms with van der Waals surface area (Å²) in [5, 5.41) is 0.462. The van der Waals surface area contributed by atoms with E-state index in [1.807, 2.05) is 13.8 Å². The maximum atomic E-state index is 12.8. The SMILES string of the molecule is CC(C)=CCN1CCN(C(=O)c2ccc(Cl)cn2)[C@@H]2CS(=O)(=O)C[C@@H]21. The Morgan fingerprint density at radius 3 is 2.64 bits per heavy atom. The summed E-state index contributed by atoms with van der Waals surface area (Å²) < 4.78 is 24.4. The molecule has 2 aliphatic rings. The number of rotatable bonds is 3. The zero-order valence-corrected chi connectivity index (χ0v) is 15.9. The van der Waals surface area contributed by atoms with Gasteiger partial charge < -0.3 is 4.90 Å². The molecule has 0 radical (unpaired) electrons. The third-order valence-corrected chi connectivity index (χ3v) is 6.65. The lowest BCUT2D eigenvalue weighted by Crippen LogP contribution is -2.60. The molecule has 2 atom stereocenters. The van der Waals surface area contributed by atoms with Crippen LogP contribution in [0.3, 0.4) is 0 Å². The number of carbonyl (C=O) groups is 1. The Morgan fingerprint density at radius 1 is 1.28 bits per heavy atom. The number of piperazine rings is 1. The summed E-state index contributed by atoms with van der Waals surface area (Å²) >= 11 is 5.83. The summed E-state index contributed by atoms with van der Waals surface area (Å²) in [4.78, 5) is 20.8. The van der Waals surface area contributed by atoms with Gasteiger partial charge in [0.1, 0.15) is 5.69 Å². The smallest absolute Gasteiger partial charge is 0.272 e. The Morgan fingerprint density at radius 2 is 2.00 bits per heavy atom. The molecule has 0 bridgehead atoms. The van der Waals surface area contributed by atoms with Crippen LogP contribution in [0.2, 0.25) is 5.02 Å². The number of halogens is 1. The molecule has 0 saturated carbocycles. The number of nitrogens with zero attached hydrogens (tertiary/aromatic N) is 3. The van der Waals surface area contributed by atoms with Gasteiger partial charge in [-0.3, -0.25) is 9.69 Å². The van der Waals surface area contributed by atoms with Gasteiger partial charge in [0.25, 0.3) is 5.91 Å². The van der Waals surface area contributed by atoms with Crippen LogP contribution in [0.15, 0.2) is 30.0 Å². The average molecular weight is 384 g/mol. The quantitative estimate of drug-likeness (QED) is 0.742. The number of fused-ring (bicyclic) bond motifs is 1. The van der Waals surface area contributed by atoms with Crippen molar-refractivity contribution in [3.63, 3.8) is 0 Å². The van der Waals surface area contributed by atoms with Crippen molar-refractivity contribution in [2.75, 3.05) is 31.1 Å². The first-order chi connectivity index (χ1) is 11.8. The topological polar surface area (TPSA) is 70.6 Å². The molecular formula is C17H22ClN3O3S. The van der Waals surface area contributed by atoms with Crippen molar-refractivity contribution in [2.24, 2.45) is 0 Å². The first-order valence-electron chi connectivity index (χ1n) is 8.27. The maximum Gasteiger partial charge on any atom is 0.272 e. The molecule has 6 nitrogen and oxygen atoms in total. The van der Waals surface area contributed by atoms with Gasteiger partial charge >= 0.3 is 0 Å². The second kappa shape index (κ2) is 7.05. The third kappa shape index (κ3) is 4.04. The van der Waals surface area contributed by atoms with E-state index in [-0.39, 0.29) is 29.5 Å². The van der Waals surface area contributed by atoms with E-state index in [9.17, 15) is 13.2 Å². The Hall–Kier alpha value is -1.44. The van der Waals surface area contributed by atoms with Crippen molar-refractivity contribution >= 4 is 27.3 Å². The van der Waals surface area contributed by atoms with Crippen LogP contribution < -0.4 is 0 Å². The minimum Gasteiger partial charge on any atom is -0.330 e. The molecule has 0 aliphatic carbocycles. The largest absolute Gasteiger partial charge is 0.330 e. The lowest BCUT2D eigenvalue weighted by atomic mass is 10.0. The summed E-state index contributed by atoms with van der Waals surface area (Å²) in [6.45, 7) is 5.90. The number of aromatic nitrogens is 1. The van der Waals surface area contributed by atoms with Crippen molar-refractivity contribution in [2.45, 2.75) is 25.9 Å². The van der Waals surface area contributed by atoms with Crippen LogP contribution in [-0.4, -0.2) is 72.3 Å². The van der Waals surface area contributed by atoms with Crippen molar-refractivity contribution in [3.8, 4) is 0 Å². The van der Waals surface area contributed by atoms with Gasteiger partial charge in [0.05, 0.1) is 22.6 Å². The minimum atomic E-state index is -3.15. The third-order valence-electron chi connectivity index (χ3n) is 4.73. The number of hydrogen-bond acceptors (Lipinski definition) is 5. The number of allylic oxidation sites excluding steroid dienone is 1. The lowest BCUT2D eigenvalue weighted by molar-refractivity contribution is 0.0363. The standard InChI is InChI=1S/C17H22ClN3O3S/c1-12(2)5-6-20-7-8-21(16-11-25(23,24)10-15(16)20)17(22)14-4-3-13(18)9-19-14/h3-5,9,15-16H,6-8,10-11H2,1-2H3/t15-,16+/m0/s1. The zero-order chi connectivity index (χ0) is 18.2. The summed E-state index contributed by atoms with van der Waals surface area (Å²) in [7, 11) is -3.15. The Labute approximate surface area is 153 Å².